The van der Waals surface area contributed by atoms with Gasteiger partial charge >= 0.3 is 5.97 Å². The molecule has 4 fully saturated rings. The standard InChI is InChI=1S/C37H49N5O4/c1-25-18-29(10-11-31(25)46-5)37-15-12-36(13-16-37,14-17-37)23-41(34(45)27-8-6-26(7-9-27)19-33(43)44)32-20-30(38-24-39-32)28-21-40-42(22-28)35(2,3)4/h10-11,18,20-22,24,26-27H,6-9,12-17,19,23H2,1-5H3,(H,43,44). The Bertz CT molecular complexity index is 1560. The van der Waals surface area contributed by atoms with Gasteiger partial charge in [-0.3, -0.25) is 19.2 Å². The lowest BCUT2D eigenvalue weighted by Crippen LogP contribution is -2.52. The molecule has 0 unspecified atom stereocenters. The van der Waals surface area contributed by atoms with Crippen LogP contribution in [-0.2, 0) is 20.5 Å². The Morgan fingerprint density at radius 1 is 1.02 bits per heavy atom. The van der Waals surface area contributed by atoms with E-state index in [1.165, 1.54) is 11.1 Å². The molecule has 46 heavy (non-hydrogen) atoms. The number of aliphatic carboxylic acids is 1. The Kier molecular flexibility index (Phi) is 8.72. The number of aryl methyl sites for hydroxylation is 1. The van der Waals surface area contributed by atoms with E-state index in [-0.39, 0.29) is 40.5 Å². The quantitative estimate of drug-likeness (QED) is 0.265. The highest BCUT2D eigenvalue weighted by molar-refractivity contribution is 5.94. The van der Waals surface area contributed by atoms with Gasteiger partial charge in [-0.15, -0.1) is 0 Å². The van der Waals surface area contributed by atoms with E-state index in [0.29, 0.717) is 12.4 Å². The molecule has 4 aliphatic carbocycles. The Hall–Kier alpha value is -3.75. The number of benzene rings is 1. The van der Waals surface area contributed by atoms with Gasteiger partial charge in [0, 0.05) is 36.7 Å². The molecule has 7 rings (SSSR count). The molecule has 1 N–H and O–H groups in total. The van der Waals surface area contributed by atoms with Crippen molar-refractivity contribution in [3.8, 4) is 17.0 Å². The number of carbonyl (C=O) groups is 2. The summed E-state index contributed by atoms with van der Waals surface area (Å²) in [5, 5.41) is 13.9. The van der Waals surface area contributed by atoms with Crippen molar-refractivity contribution < 1.29 is 19.4 Å². The smallest absolute Gasteiger partial charge is 0.303 e. The molecule has 0 saturated heterocycles. The first-order valence-corrected chi connectivity index (χ1v) is 17.0. The zero-order valence-electron chi connectivity index (χ0n) is 28.1. The summed E-state index contributed by atoms with van der Waals surface area (Å²) in [6.07, 6.45) is 15.1. The maximum absolute atomic E-state index is 14.5. The van der Waals surface area contributed by atoms with Crippen LogP contribution in [0.2, 0.25) is 0 Å². The molecule has 4 aliphatic rings. The van der Waals surface area contributed by atoms with Crippen molar-refractivity contribution in [2.75, 3.05) is 18.6 Å². The van der Waals surface area contributed by atoms with Gasteiger partial charge in [0.15, 0.2) is 0 Å². The zero-order chi connectivity index (χ0) is 32.7. The van der Waals surface area contributed by atoms with Gasteiger partial charge in [-0.2, -0.15) is 5.10 Å². The number of carbonyl (C=O) groups excluding carboxylic acids is 1. The normalized spacial score (nSPS) is 26.1. The number of anilines is 1. The van der Waals surface area contributed by atoms with Crippen LogP contribution in [0.1, 0.15) is 103 Å². The molecule has 2 heterocycles. The Morgan fingerprint density at radius 2 is 1.72 bits per heavy atom. The summed E-state index contributed by atoms with van der Waals surface area (Å²) >= 11 is 0. The average Bonchev–Trinajstić information content (AvgIpc) is 3.56. The minimum Gasteiger partial charge on any atom is -0.496 e. The number of fused-ring (bicyclic) bond motifs is 3. The number of carboxylic acids is 1. The van der Waals surface area contributed by atoms with Crippen molar-refractivity contribution in [2.45, 2.75) is 109 Å². The summed E-state index contributed by atoms with van der Waals surface area (Å²) < 4.78 is 7.47. The molecule has 9 nitrogen and oxygen atoms in total. The second kappa shape index (κ2) is 12.5. The second-order valence-electron chi connectivity index (χ2n) is 15.3. The van der Waals surface area contributed by atoms with Crippen molar-refractivity contribution >= 4 is 17.7 Å². The van der Waals surface area contributed by atoms with E-state index in [9.17, 15) is 14.7 Å². The zero-order valence-corrected chi connectivity index (χ0v) is 28.1. The Labute approximate surface area is 272 Å². The molecule has 0 radical (unpaired) electrons. The van der Waals surface area contributed by atoms with E-state index < -0.39 is 5.97 Å². The van der Waals surface area contributed by atoms with Crippen LogP contribution < -0.4 is 9.64 Å². The molecule has 0 aliphatic heterocycles. The van der Waals surface area contributed by atoms with Gasteiger partial charge in [0.25, 0.3) is 0 Å². The number of rotatable bonds is 9. The predicted molar refractivity (Wildman–Crippen MR) is 178 cm³/mol. The predicted octanol–water partition coefficient (Wildman–Crippen LogP) is 7.32. The average molecular weight is 628 g/mol. The molecule has 3 aromatic rings. The lowest BCUT2D eigenvalue weighted by molar-refractivity contribution is -0.138. The van der Waals surface area contributed by atoms with E-state index in [1.807, 2.05) is 28.0 Å². The number of aromatic nitrogens is 4. The third-order valence-electron chi connectivity index (χ3n) is 11.3. The van der Waals surface area contributed by atoms with Gasteiger partial charge in [-0.25, -0.2) is 9.97 Å². The molecular weight excluding hydrogens is 578 g/mol. The SMILES string of the molecule is COc1ccc(C23CCC(CN(C(=O)C4CCC(CC(=O)O)CC4)c4cc(-c5cnn(C(C)(C)C)c5)ncn4)(CC2)CC3)cc1C. The Balaban J connectivity index is 1.26. The first kappa shape index (κ1) is 32.2. The molecular formula is C37H49N5O4. The van der Waals surface area contributed by atoms with Crippen LogP contribution in [0, 0.1) is 24.2 Å². The molecule has 1 amide bonds. The number of methoxy groups -OCH3 is 1. The van der Waals surface area contributed by atoms with Gasteiger partial charge < -0.3 is 9.84 Å². The van der Waals surface area contributed by atoms with Crippen molar-refractivity contribution in [3.63, 3.8) is 0 Å². The summed E-state index contributed by atoms with van der Waals surface area (Å²) in [6.45, 7) is 9.10. The summed E-state index contributed by atoms with van der Waals surface area (Å²) in [6, 6.07) is 8.63. The topological polar surface area (TPSA) is 110 Å². The maximum atomic E-state index is 14.5. The van der Waals surface area contributed by atoms with Crippen molar-refractivity contribution in [1.82, 2.24) is 19.7 Å². The number of ether oxygens (including phenoxy) is 1. The van der Waals surface area contributed by atoms with Crippen molar-refractivity contribution in [2.24, 2.45) is 17.3 Å². The highest BCUT2D eigenvalue weighted by Gasteiger charge is 2.51. The van der Waals surface area contributed by atoms with E-state index in [4.69, 9.17) is 9.72 Å². The first-order chi connectivity index (χ1) is 21.9. The lowest BCUT2D eigenvalue weighted by atomic mass is 9.51. The van der Waals surface area contributed by atoms with E-state index in [1.54, 1.807) is 13.4 Å². The van der Waals surface area contributed by atoms with Crippen LogP contribution in [-0.4, -0.2) is 50.4 Å². The first-order valence-electron chi connectivity index (χ1n) is 17.0. The maximum Gasteiger partial charge on any atom is 0.303 e. The van der Waals surface area contributed by atoms with E-state index in [2.05, 4.69) is 56.0 Å². The number of carboxylic acid groups (broad SMARTS) is 1. The fourth-order valence-electron chi connectivity index (χ4n) is 8.30. The van der Waals surface area contributed by atoms with E-state index >= 15 is 0 Å². The minimum atomic E-state index is -0.755. The van der Waals surface area contributed by atoms with Gasteiger partial charge in [0.1, 0.15) is 17.9 Å². The van der Waals surface area contributed by atoms with Gasteiger partial charge in [0.2, 0.25) is 5.91 Å². The van der Waals surface area contributed by atoms with E-state index in [0.717, 1.165) is 81.2 Å². The van der Waals surface area contributed by atoms with Crippen LogP contribution in [0.25, 0.3) is 11.3 Å². The molecule has 0 atom stereocenters. The molecule has 246 valence electrons. The Morgan fingerprint density at radius 3 is 2.30 bits per heavy atom. The monoisotopic (exact) mass is 627 g/mol. The number of nitrogens with zero attached hydrogens (tertiary/aromatic N) is 5. The molecule has 1 aromatic carbocycles. The van der Waals surface area contributed by atoms with Crippen molar-refractivity contribution in [1.29, 1.82) is 0 Å². The minimum absolute atomic E-state index is 0.0433. The van der Waals surface area contributed by atoms with Crippen LogP contribution in [0.15, 0.2) is 43.0 Å². The van der Waals surface area contributed by atoms with Crippen LogP contribution >= 0.6 is 0 Å². The third kappa shape index (κ3) is 6.42. The molecule has 2 bridgehead atoms. The second-order valence-corrected chi connectivity index (χ2v) is 15.3. The highest BCUT2D eigenvalue weighted by Crippen LogP contribution is 2.58. The van der Waals surface area contributed by atoms with Crippen LogP contribution in [0.3, 0.4) is 0 Å². The third-order valence-corrected chi connectivity index (χ3v) is 11.3. The van der Waals surface area contributed by atoms with Gasteiger partial charge in [-0.05, 0) is 126 Å². The molecule has 2 aromatic heterocycles. The molecule has 9 heteroatoms. The fraction of sp³-hybridized carbons (Fsp3) is 0.595. The number of hydrogen-bond donors (Lipinski definition) is 1. The lowest BCUT2D eigenvalue weighted by Gasteiger charge is -2.55. The largest absolute Gasteiger partial charge is 0.496 e. The summed E-state index contributed by atoms with van der Waals surface area (Å²) in [4.78, 5) is 37.0. The van der Waals surface area contributed by atoms with Gasteiger partial charge in [0.05, 0.1) is 24.5 Å². The number of amides is 1. The van der Waals surface area contributed by atoms with Crippen molar-refractivity contribution in [3.05, 3.63) is 54.1 Å². The number of hydrogen-bond acceptors (Lipinski definition) is 6. The van der Waals surface area contributed by atoms with Crippen LogP contribution in [0.5, 0.6) is 5.75 Å². The summed E-state index contributed by atoms with van der Waals surface area (Å²) in [5.74, 6) is 0.957. The molecule has 4 saturated carbocycles. The highest BCUT2D eigenvalue weighted by atomic mass is 16.5. The van der Waals surface area contributed by atoms with Gasteiger partial charge in [-0.1, -0.05) is 12.1 Å². The van der Waals surface area contributed by atoms with Crippen LogP contribution in [0.4, 0.5) is 5.82 Å². The molecule has 0 spiro atoms. The fourth-order valence-corrected chi connectivity index (χ4v) is 8.30. The summed E-state index contributed by atoms with van der Waals surface area (Å²) in [5.41, 5.74) is 4.32. The summed E-state index contributed by atoms with van der Waals surface area (Å²) in [7, 11) is 1.73.